The lowest BCUT2D eigenvalue weighted by atomic mass is 10.3. The maximum Gasteiger partial charge on any atom is 0.261 e. The Labute approximate surface area is 144 Å². The average Bonchev–Trinajstić information content (AvgIpc) is 3.30. The topological polar surface area (TPSA) is 96.8 Å². The summed E-state index contributed by atoms with van der Waals surface area (Å²) in [4.78, 5) is 15.2. The van der Waals surface area contributed by atoms with E-state index in [1.807, 2.05) is 10.7 Å². The van der Waals surface area contributed by atoms with Gasteiger partial charge in [-0.1, -0.05) is 0 Å². The standard InChI is InChI=1S/C17H18N4O3S/c1-25(23,24)13-6-4-12(5-7-13)19-16-15-14(8-9-18-17(15)22)21(20-16)10-11-2-3-11/h4-9,11H,2-3,10H2,1H3,(H,18,22)(H,19,20). The molecular weight excluding hydrogens is 340 g/mol. The van der Waals surface area contributed by atoms with Crippen molar-refractivity contribution in [1.82, 2.24) is 14.8 Å². The first-order valence-electron chi connectivity index (χ1n) is 8.07. The van der Waals surface area contributed by atoms with Gasteiger partial charge in [0.25, 0.3) is 5.56 Å². The van der Waals surface area contributed by atoms with E-state index in [1.54, 1.807) is 18.3 Å². The third-order valence-electron chi connectivity index (χ3n) is 4.35. The van der Waals surface area contributed by atoms with Crippen LogP contribution in [0.3, 0.4) is 0 Å². The van der Waals surface area contributed by atoms with Gasteiger partial charge in [-0.25, -0.2) is 8.42 Å². The number of nitrogens with one attached hydrogen (secondary N) is 2. The van der Waals surface area contributed by atoms with Crippen molar-refractivity contribution in [2.24, 2.45) is 5.92 Å². The second-order valence-electron chi connectivity index (χ2n) is 6.46. The molecule has 0 radical (unpaired) electrons. The zero-order valence-electron chi connectivity index (χ0n) is 13.7. The lowest BCUT2D eigenvalue weighted by Crippen LogP contribution is -2.06. The predicted molar refractivity (Wildman–Crippen MR) is 95.9 cm³/mol. The summed E-state index contributed by atoms with van der Waals surface area (Å²) in [6, 6.07) is 8.25. The Kier molecular flexibility index (Phi) is 3.64. The highest BCUT2D eigenvalue weighted by molar-refractivity contribution is 7.90. The zero-order chi connectivity index (χ0) is 17.6. The molecule has 130 valence electrons. The molecule has 0 atom stereocenters. The van der Waals surface area contributed by atoms with Crippen LogP contribution in [-0.2, 0) is 16.4 Å². The van der Waals surface area contributed by atoms with Crippen molar-refractivity contribution in [1.29, 1.82) is 0 Å². The van der Waals surface area contributed by atoms with E-state index < -0.39 is 9.84 Å². The smallest absolute Gasteiger partial charge is 0.261 e. The molecule has 1 aliphatic carbocycles. The molecule has 8 heteroatoms. The number of anilines is 2. The quantitative estimate of drug-likeness (QED) is 0.729. The van der Waals surface area contributed by atoms with Crippen LogP contribution in [-0.4, -0.2) is 29.4 Å². The first-order chi connectivity index (χ1) is 11.9. The number of sulfone groups is 1. The summed E-state index contributed by atoms with van der Waals surface area (Å²) in [7, 11) is -3.24. The van der Waals surface area contributed by atoms with Crippen LogP contribution >= 0.6 is 0 Å². The van der Waals surface area contributed by atoms with E-state index >= 15 is 0 Å². The molecule has 3 aromatic rings. The summed E-state index contributed by atoms with van der Waals surface area (Å²) in [6.07, 6.45) is 5.18. The number of nitrogens with zero attached hydrogens (tertiary/aromatic N) is 2. The molecular formula is C17H18N4O3S. The Morgan fingerprint density at radius 1 is 1.24 bits per heavy atom. The van der Waals surface area contributed by atoms with Crippen molar-refractivity contribution < 1.29 is 8.42 Å². The lowest BCUT2D eigenvalue weighted by Gasteiger charge is -2.04. The third kappa shape index (κ3) is 3.17. The third-order valence-corrected chi connectivity index (χ3v) is 5.48. The van der Waals surface area contributed by atoms with Gasteiger partial charge in [0, 0.05) is 24.7 Å². The maximum absolute atomic E-state index is 12.3. The van der Waals surface area contributed by atoms with E-state index in [0.717, 1.165) is 12.1 Å². The van der Waals surface area contributed by atoms with Gasteiger partial charge >= 0.3 is 0 Å². The second kappa shape index (κ2) is 5.73. The molecule has 1 aliphatic rings. The fourth-order valence-corrected chi connectivity index (χ4v) is 3.46. The minimum absolute atomic E-state index is 0.199. The second-order valence-corrected chi connectivity index (χ2v) is 8.48. The SMILES string of the molecule is CS(=O)(=O)c1ccc(Nc2nn(CC3CC3)c3cc[nH]c(=O)c23)cc1. The molecule has 7 nitrogen and oxygen atoms in total. The van der Waals surface area contributed by atoms with Crippen molar-refractivity contribution in [3.8, 4) is 0 Å². The number of fused-ring (bicyclic) bond motifs is 1. The van der Waals surface area contributed by atoms with E-state index in [4.69, 9.17) is 0 Å². The molecule has 25 heavy (non-hydrogen) atoms. The Bertz CT molecular complexity index is 1090. The van der Waals surface area contributed by atoms with Gasteiger partial charge < -0.3 is 10.3 Å². The summed E-state index contributed by atoms with van der Waals surface area (Å²) in [5.74, 6) is 1.11. The summed E-state index contributed by atoms with van der Waals surface area (Å²) in [6.45, 7) is 0.800. The number of rotatable bonds is 5. The summed E-state index contributed by atoms with van der Waals surface area (Å²) in [5.41, 5.74) is 1.27. The molecule has 2 aromatic heterocycles. The normalized spacial score (nSPS) is 14.8. The van der Waals surface area contributed by atoms with Crippen molar-refractivity contribution >= 4 is 32.2 Å². The minimum Gasteiger partial charge on any atom is -0.338 e. The molecule has 2 N–H and O–H groups in total. The maximum atomic E-state index is 12.3. The van der Waals surface area contributed by atoms with Crippen LogP contribution in [0.4, 0.5) is 11.5 Å². The fourth-order valence-electron chi connectivity index (χ4n) is 2.83. The fraction of sp³-hybridized carbons (Fsp3) is 0.294. The molecule has 0 saturated heterocycles. The number of aromatic amines is 1. The van der Waals surface area contributed by atoms with Crippen LogP contribution in [0.25, 0.3) is 10.9 Å². The highest BCUT2D eigenvalue weighted by Crippen LogP contribution is 2.32. The number of hydrogen-bond donors (Lipinski definition) is 2. The van der Waals surface area contributed by atoms with Gasteiger partial charge in [0.2, 0.25) is 0 Å². The zero-order valence-corrected chi connectivity index (χ0v) is 14.5. The van der Waals surface area contributed by atoms with Crippen LogP contribution in [0.15, 0.2) is 46.2 Å². The van der Waals surface area contributed by atoms with E-state index in [9.17, 15) is 13.2 Å². The van der Waals surface area contributed by atoms with Crippen LogP contribution in [0, 0.1) is 5.92 Å². The molecule has 2 heterocycles. The van der Waals surface area contributed by atoms with E-state index in [1.165, 1.54) is 31.2 Å². The van der Waals surface area contributed by atoms with Crippen molar-refractivity contribution in [2.45, 2.75) is 24.3 Å². The first-order valence-corrected chi connectivity index (χ1v) is 9.96. The predicted octanol–water partition coefficient (Wildman–Crippen LogP) is 2.28. The summed E-state index contributed by atoms with van der Waals surface area (Å²) >= 11 is 0. The number of benzene rings is 1. The molecule has 0 bridgehead atoms. The number of pyridine rings is 1. The van der Waals surface area contributed by atoms with Crippen molar-refractivity contribution in [3.63, 3.8) is 0 Å². The number of H-pyrrole nitrogens is 1. The van der Waals surface area contributed by atoms with Gasteiger partial charge in [0.1, 0.15) is 5.39 Å². The lowest BCUT2D eigenvalue weighted by molar-refractivity contribution is 0.582. The molecule has 1 aromatic carbocycles. The summed E-state index contributed by atoms with van der Waals surface area (Å²) in [5, 5.41) is 8.21. The monoisotopic (exact) mass is 358 g/mol. The first kappa shape index (κ1) is 15.9. The Hall–Kier alpha value is -2.61. The van der Waals surface area contributed by atoms with Crippen LogP contribution in [0.1, 0.15) is 12.8 Å². The van der Waals surface area contributed by atoms with Crippen molar-refractivity contribution in [3.05, 3.63) is 46.9 Å². The molecule has 0 spiro atoms. The summed E-state index contributed by atoms with van der Waals surface area (Å²) < 4.78 is 25.0. The van der Waals surface area contributed by atoms with Crippen LogP contribution in [0.5, 0.6) is 0 Å². The van der Waals surface area contributed by atoms with Gasteiger partial charge in [0.15, 0.2) is 15.7 Å². The Morgan fingerprint density at radius 3 is 2.60 bits per heavy atom. The molecule has 0 amide bonds. The van der Waals surface area contributed by atoms with E-state index in [0.29, 0.717) is 22.8 Å². The van der Waals surface area contributed by atoms with E-state index in [-0.39, 0.29) is 10.5 Å². The molecule has 4 rings (SSSR count). The molecule has 1 fully saturated rings. The largest absolute Gasteiger partial charge is 0.338 e. The van der Waals surface area contributed by atoms with Gasteiger partial charge in [-0.3, -0.25) is 9.48 Å². The Morgan fingerprint density at radius 2 is 1.96 bits per heavy atom. The Balaban J connectivity index is 1.72. The van der Waals surface area contributed by atoms with Gasteiger partial charge in [-0.2, -0.15) is 5.10 Å². The molecule has 0 unspecified atom stereocenters. The minimum atomic E-state index is -3.24. The molecule has 0 aliphatic heterocycles. The van der Waals surface area contributed by atoms with Gasteiger partial charge in [-0.05, 0) is 49.1 Å². The van der Waals surface area contributed by atoms with Crippen LogP contribution in [0.2, 0.25) is 0 Å². The average molecular weight is 358 g/mol. The van der Waals surface area contributed by atoms with Crippen molar-refractivity contribution in [2.75, 3.05) is 11.6 Å². The highest BCUT2D eigenvalue weighted by Gasteiger charge is 2.24. The van der Waals surface area contributed by atoms with Gasteiger partial charge in [-0.15, -0.1) is 0 Å². The highest BCUT2D eigenvalue weighted by atomic mass is 32.2. The number of aromatic nitrogens is 3. The number of hydrogen-bond acceptors (Lipinski definition) is 5. The van der Waals surface area contributed by atoms with Crippen LogP contribution < -0.4 is 10.9 Å². The van der Waals surface area contributed by atoms with Gasteiger partial charge in [0.05, 0.1) is 10.4 Å². The molecule has 1 saturated carbocycles. The van der Waals surface area contributed by atoms with E-state index in [2.05, 4.69) is 15.4 Å².